The summed E-state index contributed by atoms with van der Waals surface area (Å²) in [4.78, 5) is 8.34. The zero-order valence-corrected chi connectivity index (χ0v) is 13.4. The quantitative estimate of drug-likeness (QED) is 0.682. The van der Waals surface area contributed by atoms with E-state index in [1.807, 2.05) is 0 Å². The second kappa shape index (κ2) is 8.03. The van der Waals surface area contributed by atoms with Gasteiger partial charge in [-0.25, -0.2) is 5.10 Å². The van der Waals surface area contributed by atoms with E-state index in [9.17, 15) is 8.78 Å². The third-order valence-electron chi connectivity index (χ3n) is 3.58. The van der Waals surface area contributed by atoms with Gasteiger partial charge in [0, 0.05) is 19.7 Å². The lowest BCUT2D eigenvalue weighted by Gasteiger charge is -2.30. The van der Waals surface area contributed by atoms with Crippen molar-refractivity contribution in [3.63, 3.8) is 0 Å². The molecule has 2 atom stereocenters. The number of hydrogen-bond donors (Lipinski definition) is 3. The summed E-state index contributed by atoms with van der Waals surface area (Å²) in [6.45, 7) is -1.40. The Morgan fingerprint density at radius 3 is 2.96 bits per heavy atom. The van der Waals surface area contributed by atoms with E-state index in [1.54, 1.807) is 7.11 Å². The van der Waals surface area contributed by atoms with Gasteiger partial charge in [0.25, 0.3) is 0 Å². The van der Waals surface area contributed by atoms with E-state index >= 15 is 0 Å². The van der Waals surface area contributed by atoms with Gasteiger partial charge in [-0.05, 0) is 13.0 Å². The van der Waals surface area contributed by atoms with Crippen LogP contribution in [-0.4, -0.2) is 59.2 Å². The fourth-order valence-electron chi connectivity index (χ4n) is 2.45. The summed E-state index contributed by atoms with van der Waals surface area (Å²) < 4.78 is 39.8. The first kappa shape index (κ1) is 17.3. The smallest absolute Gasteiger partial charge is 0.388 e. The molecule has 0 bridgehead atoms. The highest BCUT2D eigenvalue weighted by Crippen LogP contribution is 2.21. The molecule has 1 saturated heterocycles. The Balaban J connectivity index is 1.64. The minimum absolute atomic E-state index is 0.0763. The standard InChI is InChI=1S/C14H18F2N6O3/c1-23-9-5-17-3-2-8(9)24-13-7-18-6-11(20-13)19-10-4-12(22-21-10)25-14(15)16/h4,6-9,14,17H,2-3,5H2,1H3,(H2,19,20,21,22)/t8-,9-/m0/s1. The lowest BCUT2D eigenvalue weighted by atomic mass is 10.1. The number of methoxy groups -OCH3 is 1. The molecule has 1 fully saturated rings. The molecule has 3 N–H and O–H groups in total. The Hall–Kier alpha value is -2.53. The summed E-state index contributed by atoms with van der Waals surface area (Å²) in [5.74, 6) is 0.795. The Morgan fingerprint density at radius 1 is 1.28 bits per heavy atom. The summed E-state index contributed by atoms with van der Waals surface area (Å²) in [7, 11) is 1.63. The number of aromatic amines is 1. The van der Waals surface area contributed by atoms with Gasteiger partial charge in [-0.3, -0.25) is 4.98 Å². The molecule has 1 aliphatic rings. The first-order valence-corrected chi connectivity index (χ1v) is 7.63. The molecule has 11 heteroatoms. The molecule has 0 aromatic carbocycles. The largest absolute Gasteiger partial charge is 0.470 e. The van der Waals surface area contributed by atoms with Crippen LogP contribution in [0.4, 0.5) is 20.4 Å². The third-order valence-corrected chi connectivity index (χ3v) is 3.58. The van der Waals surface area contributed by atoms with Crippen molar-refractivity contribution in [3.8, 4) is 11.8 Å². The van der Waals surface area contributed by atoms with Crippen LogP contribution in [0.1, 0.15) is 6.42 Å². The van der Waals surface area contributed by atoms with E-state index in [2.05, 4.69) is 35.5 Å². The molecule has 25 heavy (non-hydrogen) atoms. The Morgan fingerprint density at radius 2 is 2.16 bits per heavy atom. The van der Waals surface area contributed by atoms with E-state index in [0.717, 1.165) is 13.0 Å². The zero-order chi connectivity index (χ0) is 17.6. The number of hydrogen-bond acceptors (Lipinski definition) is 8. The molecule has 2 aromatic heterocycles. The molecule has 136 valence electrons. The number of H-pyrrole nitrogens is 1. The van der Waals surface area contributed by atoms with E-state index in [4.69, 9.17) is 9.47 Å². The number of nitrogens with zero attached hydrogens (tertiary/aromatic N) is 3. The number of alkyl halides is 2. The second-order valence-electron chi connectivity index (χ2n) is 5.29. The Kier molecular flexibility index (Phi) is 5.56. The number of anilines is 2. The van der Waals surface area contributed by atoms with Crippen LogP contribution in [0.25, 0.3) is 0 Å². The van der Waals surface area contributed by atoms with Gasteiger partial charge < -0.3 is 24.8 Å². The van der Waals surface area contributed by atoms with Crippen molar-refractivity contribution in [2.24, 2.45) is 0 Å². The Labute approximate surface area is 142 Å². The highest BCUT2D eigenvalue weighted by Gasteiger charge is 2.27. The van der Waals surface area contributed by atoms with E-state index in [-0.39, 0.29) is 23.9 Å². The number of halogens is 2. The summed E-state index contributed by atoms with van der Waals surface area (Å²) in [6, 6.07) is 1.29. The van der Waals surface area contributed by atoms with Crippen LogP contribution in [-0.2, 0) is 4.74 Å². The van der Waals surface area contributed by atoms with Crippen molar-refractivity contribution < 1.29 is 23.0 Å². The first-order valence-electron chi connectivity index (χ1n) is 7.63. The van der Waals surface area contributed by atoms with Crippen molar-refractivity contribution in [2.45, 2.75) is 25.2 Å². The van der Waals surface area contributed by atoms with Gasteiger partial charge in [-0.2, -0.15) is 18.9 Å². The average Bonchev–Trinajstić information content (AvgIpc) is 3.02. The lowest BCUT2D eigenvalue weighted by Crippen LogP contribution is -2.47. The molecular formula is C14H18F2N6O3. The molecule has 1 aliphatic heterocycles. The number of aromatic nitrogens is 4. The van der Waals surface area contributed by atoms with E-state index in [1.165, 1.54) is 18.5 Å². The van der Waals surface area contributed by atoms with Gasteiger partial charge in [-0.1, -0.05) is 0 Å². The molecular weight excluding hydrogens is 338 g/mol. The van der Waals surface area contributed by atoms with Crippen molar-refractivity contribution in [1.29, 1.82) is 0 Å². The molecule has 0 amide bonds. The molecule has 0 spiro atoms. The van der Waals surface area contributed by atoms with Crippen molar-refractivity contribution in [2.75, 3.05) is 25.5 Å². The van der Waals surface area contributed by atoms with Gasteiger partial charge in [0.05, 0.1) is 12.4 Å². The zero-order valence-electron chi connectivity index (χ0n) is 13.4. The number of piperidine rings is 1. The van der Waals surface area contributed by atoms with Crippen LogP contribution in [0.3, 0.4) is 0 Å². The summed E-state index contributed by atoms with van der Waals surface area (Å²) in [5, 5.41) is 12.2. The average molecular weight is 356 g/mol. The van der Waals surface area contributed by atoms with Crippen molar-refractivity contribution >= 4 is 11.6 Å². The summed E-state index contributed by atoms with van der Waals surface area (Å²) in [6.07, 6.45) is 3.53. The predicted octanol–water partition coefficient (Wildman–Crippen LogP) is 1.30. The maximum Gasteiger partial charge on any atom is 0.388 e. The third kappa shape index (κ3) is 4.73. The minimum Gasteiger partial charge on any atom is -0.470 e. The van der Waals surface area contributed by atoms with Crippen LogP contribution in [0, 0.1) is 0 Å². The highest BCUT2D eigenvalue weighted by atomic mass is 19.3. The molecule has 0 unspecified atom stereocenters. The fraction of sp³-hybridized carbons (Fsp3) is 0.500. The van der Waals surface area contributed by atoms with Gasteiger partial charge in [0.1, 0.15) is 12.2 Å². The number of ether oxygens (including phenoxy) is 3. The molecule has 9 nitrogen and oxygen atoms in total. The lowest BCUT2D eigenvalue weighted by molar-refractivity contribution is -0.0528. The molecule has 3 rings (SSSR count). The van der Waals surface area contributed by atoms with Crippen LogP contribution in [0.15, 0.2) is 18.5 Å². The van der Waals surface area contributed by atoms with Gasteiger partial charge in [-0.15, -0.1) is 0 Å². The number of rotatable bonds is 7. The number of nitrogens with one attached hydrogen (secondary N) is 3. The van der Waals surface area contributed by atoms with Crippen LogP contribution >= 0.6 is 0 Å². The fourth-order valence-corrected chi connectivity index (χ4v) is 2.45. The van der Waals surface area contributed by atoms with Gasteiger partial charge >= 0.3 is 6.61 Å². The summed E-state index contributed by atoms with van der Waals surface area (Å²) in [5.41, 5.74) is 0. The van der Waals surface area contributed by atoms with Crippen LogP contribution < -0.4 is 20.1 Å². The van der Waals surface area contributed by atoms with E-state index in [0.29, 0.717) is 18.2 Å². The van der Waals surface area contributed by atoms with E-state index < -0.39 is 6.61 Å². The molecule has 3 heterocycles. The second-order valence-corrected chi connectivity index (χ2v) is 5.29. The molecule has 2 aromatic rings. The summed E-state index contributed by atoms with van der Waals surface area (Å²) >= 11 is 0. The van der Waals surface area contributed by atoms with Crippen molar-refractivity contribution in [3.05, 3.63) is 18.5 Å². The maximum absolute atomic E-state index is 12.1. The van der Waals surface area contributed by atoms with Crippen LogP contribution in [0.5, 0.6) is 11.8 Å². The maximum atomic E-state index is 12.1. The topological polar surface area (TPSA) is 106 Å². The molecule has 0 saturated carbocycles. The van der Waals surface area contributed by atoms with Crippen LogP contribution in [0.2, 0.25) is 0 Å². The van der Waals surface area contributed by atoms with Gasteiger partial charge in [0.2, 0.25) is 11.8 Å². The normalized spacial score (nSPS) is 20.5. The predicted molar refractivity (Wildman–Crippen MR) is 83.2 cm³/mol. The first-order chi connectivity index (χ1) is 12.1. The highest BCUT2D eigenvalue weighted by molar-refractivity contribution is 5.51. The molecule has 0 radical (unpaired) electrons. The van der Waals surface area contributed by atoms with Gasteiger partial charge in [0.15, 0.2) is 11.6 Å². The Bertz CT molecular complexity index is 686. The monoisotopic (exact) mass is 356 g/mol. The molecule has 0 aliphatic carbocycles. The SMILES string of the molecule is CO[C@H]1CNCC[C@@H]1Oc1cncc(Nc2cc(OC(F)F)[nH]n2)n1. The van der Waals surface area contributed by atoms with Crippen molar-refractivity contribution in [1.82, 2.24) is 25.5 Å². The minimum atomic E-state index is -2.93.